The molecule has 0 N–H and O–H groups in total. The first-order valence-corrected chi connectivity index (χ1v) is 5.54. The lowest BCUT2D eigenvalue weighted by Crippen LogP contribution is -1.88. The number of benzene rings is 2. The highest BCUT2D eigenvalue weighted by Crippen LogP contribution is 2.33. The predicted octanol–water partition coefficient (Wildman–Crippen LogP) is 4.29. The highest BCUT2D eigenvalue weighted by molar-refractivity contribution is 5.79. The summed E-state index contributed by atoms with van der Waals surface area (Å²) in [4.78, 5) is 13.9. The van der Waals surface area contributed by atoms with Crippen LogP contribution in [0, 0.1) is 19.3 Å². The first-order valence-electron chi connectivity index (χ1n) is 5.54. The summed E-state index contributed by atoms with van der Waals surface area (Å²) in [5.41, 5.74) is 1.12. The Morgan fingerprint density at radius 2 is 2.05 bits per heavy atom. The molecule has 0 bridgehead atoms. The lowest BCUT2D eigenvalue weighted by atomic mass is 10.2. The van der Waals surface area contributed by atoms with Gasteiger partial charge in [0.1, 0.15) is 23.6 Å². The second-order valence-electron chi connectivity index (χ2n) is 3.97. The Bertz CT molecular complexity index is 674. The van der Waals surface area contributed by atoms with Crippen LogP contribution in [0.15, 0.2) is 36.4 Å². The van der Waals surface area contributed by atoms with Crippen molar-refractivity contribution in [2.24, 2.45) is 0 Å². The van der Waals surface area contributed by atoms with Gasteiger partial charge < -0.3 is 4.74 Å². The van der Waals surface area contributed by atoms with Crippen molar-refractivity contribution in [3.05, 3.63) is 64.8 Å². The van der Waals surface area contributed by atoms with Gasteiger partial charge in [-0.05, 0) is 42.8 Å². The number of nitrogens with zero attached hydrogens (tertiary/aromatic N) is 1. The van der Waals surface area contributed by atoms with Gasteiger partial charge in [0.2, 0.25) is 5.69 Å². The van der Waals surface area contributed by atoms with E-state index in [1.807, 2.05) is 0 Å². The molecule has 0 heterocycles. The maximum atomic E-state index is 13.1. The van der Waals surface area contributed by atoms with Gasteiger partial charge in [-0.15, -0.1) is 0 Å². The van der Waals surface area contributed by atoms with Crippen LogP contribution >= 0.6 is 0 Å². The van der Waals surface area contributed by atoms with Crippen LogP contribution < -0.4 is 4.74 Å². The fourth-order valence-electron chi connectivity index (χ4n) is 1.59. The fraction of sp³-hybridized carbons (Fsp3) is 0.0667. The molecule has 2 aromatic rings. The van der Waals surface area contributed by atoms with E-state index in [1.54, 1.807) is 25.1 Å². The van der Waals surface area contributed by atoms with Crippen molar-refractivity contribution >= 4 is 12.0 Å². The molecular weight excluding hydrogens is 245 g/mol. The number of hydrogen-bond donors (Lipinski definition) is 0. The van der Waals surface area contributed by atoms with E-state index in [2.05, 4.69) is 4.85 Å². The third-order valence-corrected chi connectivity index (χ3v) is 2.60. The zero-order chi connectivity index (χ0) is 13.8. The van der Waals surface area contributed by atoms with E-state index < -0.39 is 0 Å². The van der Waals surface area contributed by atoms with Crippen LogP contribution in [0.5, 0.6) is 11.5 Å². The molecule has 0 saturated carbocycles. The molecule has 0 aliphatic heterocycles. The number of rotatable bonds is 3. The molecule has 0 radical (unpaired) electrons. The number of aryl methyl sites for hydroxylation is 1. The Morgan fingerprint density at radius 3 is 2.68 bits per heavy atom. The first-order chi connectivity index (χ1) is 9.13. The molecule has 0 aromatic heterocycles. The van der Waals surface area contributed by atoms with E-state index in [9.17, 15) is 9.18 Å². The molecule has 0 aliphatic carbocycles. The van der Waals surface area contributed by atoms with Gasteiger partial charge in [-0.2, -0.15) is 0 Å². The number of halogens is 1. The summed E-state index contributed by atoms with van der Waals surface area (Å²) in [7, 11) is 0. The van der Waals surface area contributed by atoms with Crippen LogP contribution in [-0.4, -0.2) is 6.29 Å². The van der Waals surface area contributed by atoms with Crippen molar-refractivity contribution in [1.82, 2.24) is 0 Å². The van der Waals surface area contributed by atoms with E-state index in [-0.39, 0.29) is 11.5 Å². The largest absolute Gasteiger partial charge is 0.468 e. The number of aldehydes is 1. The van der Waals surface area contributed by atoms with Crippen LogP contribution in [0.4, 0.5) is 10.1 Å². The summed E-state index contributed by atoms with van der Waals surface area (Å²) < 4.78 is 18.7. The van der Waals surface area contributed by atoms with Gasteiger partial charge in [-0.1, -0.05) is 6.07 Å². The molecule has 0 amide bonds. The third kappa shape index (κ3) is 2.78. The van der Waals surface area contributed by atoms with Gasteiger partial charge in [0.25, 0.3) is 0 Å². The summed E-state index contributed by atoms with van der Waals surface area (Å²) in [6.45, 7) is 8.70. The summed E-state index contributed by atoms with van der Waals surface area (Å²) >= 11 is 0. The van der Waals surface area contributed by atoms with Crippen LogP contribution in [-0.2, 0) is 0 Å². The average molecular weight is 255 g/mol. The molecule has 0 saturated heterocycles. The molecule has 0 spiro atoms. The Morgan fingerprint density at radius 1 is 1.26 bits per heavy atom. The molecule has 0 aliphatic rings. The van der Waals surface area contributed by atoms with Gasteiger partial charge in [-0.25, -0.2) is 9.24 Å². The van der Waals surface area contributed by atoms with Gasteiger partial charge in [0.05, 0.1) is 6.57 Å². The molecule has 3 nitrogen and oxygen atoms in total. The van der Waals surface area contributed by atoms with Gasteiger partial charge in [0, 0.05) is 5.56 Å². The number of hydrogen-bond acceptors (Lipinski definition) is 2. The highest BCUT2D eigenvalue weighted by atomic mass is 19.1. The number of carbonyl (C=O) groups excluding carboxylic acids is 1. The van der Waals surface area contributed by atoms with Gasteiger partial charge in [-0.3, -0.25) is 4.79 Å². The van der Waals surface area contributed by atoms with Crippen LogP contribution in [0.3, 0.4) is 0 Å². The summed E-state index contributed by atoms with van der Waals surface area (Å²) in [5, 5.41) is 0. The highest BCUT2D eigenvalue weighted by Gasteiger charge is 2.07. The third-order valence-electron chi connectivity index (χ3n) is 2.60. The van der Waals surface area contributed by atoms with Crippen molar-refractivity contribution in [3.8, 4) is 11.5 Å². The molecule has 94 valence electrons. The van der Waals surface area contributed by atoms with E-state index >= 15 is 0 Å². The molecular formula is C15H10FNO2. The van der Waals surface area contributed by atoms with Crippen LogP contribution in [0.1, 0.15) is 15.9 Å². The van der Waals surface area contributed by atoms with Crippen molar-refractivity contribution < 1.29 is 13.9 Å². The maximum absolute atomic E-state index is 13.1. The lowest BCUT2D eigenvalue weighted by Gasteiger charge is -2.09. The van der Waals surface area contributed by atoms with Crippen molar-refractivity contribution in [1.29, 1.82) is 0 Å². The van der Waals surface area contributed by atoms with Crippen LogP contribution in [0.25, 0.3) is 4.85 Å². The molecule has 19 heavy (non-hydrogen) atoms. The fourth-order valence-corrected chi connectivity index (χ4v) is 1.59. The second kappa shape index (κ2) is 5.32. The second-order valence-corrected chi connectivity index (χ2v) is 3.97. The molecule has 2 aromatic carbocycles. The summed E-state index contributed by atoms with van der Waals surface area (Å²) in [6.07, 6.45) is 0.667. The minimum atomic E-state index is -0.311. The Balaban J connectivity index is 2.35. The predicted molar refractivity (Wildman–Crippen MR) is 69.3 cm³/mol. The zero-order valence-corrected chi connectivity index (χ0v) is 10.2. The van der Waals surface area contributed by atoms with Crippen molar-refractivity contribution in [3.63, 3.8) is 0 Å². The summed E-state index contributed by atoms with van der Waals surface area (Å²) in [5.74, 6) is 0.475. The Kier molecular flexibility index (Phi) is 3.58. The van der Waals surface area contributed by atoms with E-state index in [4.69, 9.17) is 11.3 Å². The lowest BCUT2D eigenvalue weighted by molar-refractivity contribution is 0.112. The van der Waals surface area contributed by atoms with E-state index in [1.165, 1.54) is 18.2 Å². The maximum Gasteiger partial charge on any atom is 0.229 e. The van der Waals surface area contributed by atoms with Gasteiger partial charge in [0.15, 0.2) is 0 Å². The minimum absolute atomic E-state index is 0.242. The summed E-state index contributed by atoms with van der Waals surface area (Å²) in [6, 6.07) is 8.91. The van der Waals surface area contributed by atoms with Gasteiger partial charge >= 0.3 is 0 Å². The molecule has 0 atom stereocenters. The Hall–Kier alpha value is -2.67. The average Bonchev–Trinajstić information content (AvgIpc) is 2.43. The minimum Gasteiger partial charge on any atom is -0.468 e. The topological polar surface area (TPSA) is 30.7 Å². The molecule has 2 rings (SSSR count). The normalized spacial score (nSPS) is 9.74. The SMILES string of the molecule is [C-]#[N+]c1cc(C=O)ccc1Oc1ccc(F)c(C)c1. The molecule has 4 heteroatoms. The molecule has 0 unspecified atom stereocenters. The number of carbonyl (C=O) groups is 1. The first kappa shape index (κ1) is 12.8. The quantitative estimate of drug-likeness (QED) is 0.605. The molecule has 0 fully saturated rings. The Labute approximate surface area is 110 Å². The van der Waals surface area contributed by atoms with Crippen molar-refractivity contribution in [2.75, 3.05) is 0 Å². The smallest absolute Gasteiger partial charge is 0.229 e. The standard InChI is InChI=1S/C15H10FNO2/c1-10-7-12(4-5-13(10)16)19-15-6-3-11(9-18)8-14(15)17-2/h3-9H,1H3. The van der Waals surface area contributed by atoms with Crippen LogP contribution in [0.2, 0.25) is 0 Å². The monoisotopic (exact) mass is 255 g/mol. The number of ether oxygens (including phenoxy) is 1. The van der Waals surface area contributed by atoms with E-state index in [0.717, 1.165) is 0 Å². The van der Waals surface area contributed by atoms with Crippen molar-refractivity contribution in [2.45, 2.75) is 6.92 Å². The van der Waals surface area contributed by atoms with E-state index in [0.29, 0.717) is 28.9 Å². The zero-order valence-electron chi connectivity index (χ0n) is 10.2.